The summed E-state index contributed by atoms with van der Waals surface area (Å²) in [7, 11) is 0. The summed E-state index contributed by atoms with van der Waals surface area (Å²) in [5.41, 5.74) is 4.16. The van der Waals surface area contributed by atoms with Crippen LogP contribution in [-0.2, 0) is 22.4 Å². The topological polar surface area (TPSA) is 94.7 Å². The molecule has 1 amide bonds. The Morgan fingerprint density at radius 2 is 1.69 bits per heavy atom. The highest BCUT2D eigenvalue weighted by Crippen LogP contribution is 2.20. The molecule has 0 spiro atoms. The summed E-state index contributed by atoms with van der Waals surface area (Å²) in [6.45, 7) is 0. The number of Topliss-reactive ketones (excluding diaryl/α,β-unsaturated/α-hetero) is 1. The Hall–Kier alpha value is -4.82. The largest absolute Gasteiger partial charge is 0.342 e. The summed E-state index contributed by atoms with van der Waals surface area (Å²) in [4.78, 5) is 26.4. The Kier molecular flexibility index (Phi) is 8.04. The van der Waals surface area contributed by atoms with E-state index >= 15 is 0 Å². The number of amides is 1. The molecule has 0 aliphatic heterocycles. The molecule has 3 aromatic carbocycles. The quantitative estimate of drug-likeness (QED) is 0.262. The molecule has 39 heavy (non-hydrogen) atoms. The van der Waals surface area contributed by atoms with Gasteiger partial charge >= 0.3 is 0 Å². The number of carbonyl (C=O) groups is 2. The fraction of sp³-hybridized carbons (Fsp3) is 0.100. The first-order valence-electron chi connectivity index (χ1n) is 12.4. The first kappa shape index (κ1) is 25.8. The van der Waals surface area contributed by atoms with Crippen molar-refractivity contribution in [1.29, 1.82) is 0 Å². The SMILES string of the molecule is O=C(/C=C/c1cc(Cl)ccc1-n1cnnn1)N[C@@H](Cc1ccccc1)C(=O)Cc1ccc(-n2cccc2)cc1. The number of halogens is 1. The predicted molar refractivity (Wildman–Crippen MR) is 150 cm³/mol. The van der Waals surface area contributed by atoms with Crippen LogP contribution in [0.4, 0.5) is 0 Å². The van der Waals surface area contributed by atoms with Gasteiger partial charge in [0.15, 0.2) is 5.78 Å². The molecule has 0 aliphatic carbocycles. The number of benzene rings is 3. The zero-order valence-electron chi connectivity index (χ0n) is 20.9. The molecule has 0 aliphatic rings. The van der Waals surface area contributed by atoms with E-state index in [1.54, 1.807) is 24.3 Å². The summed E-state index contributed by atoms with van der Waals surface area (Å²) >= 11 is 6.18. The summed E-state index contributed by atoms with van der Waals surface area (Å²) in [6.07, 6.45) is 8.99. The van der Waals surface area contributed by atoms with Crippen LogP contribution >= 0.6 is 11.6 Å². The third kappa shape index (κ3) is 6.74. The van der Waals surface area contributed by atoms with Crippen LogP contribution in [0.3, 0.4) is 0 Å². The molecule has 5 rings (SSSR count). The Balaban J connectivity index is 1.32. The standard InChI is InChI=1S/C30H25ClN6O2/c31-25-11-14-28(37-21-32-34-35-37)24(20-25)10-15-30(39)33-27(18-22-6-2-1-3-7-22)29(38)19-23-8-12-26(13-9-23)36-16-4-5-17-36/h1-17,20-21,27H,18-19H2,(H,33,39)/b15-10+/t27-/m0/s1. The fourth-order valence-electron chi connectivity index (χ4n) is 4.24. The van der Waals surface area contributed by atoms with Crippen LogP contribution < -0.4 is 5.32 Å². The molecule has 2 heterocycles. The highest BCUT2D eigenvalue weighted by molar-refractivity contribution is 6.30. The van der Waals surface area contributed by atoms with E-state index in [4.69, 9.17) is 11.6 Å². The summed E-state index contributed by atoms with van der Waals surface area (Å²) in [6, 6.07) is 25.9. The Morgan fingerprint density at radius 1 is 0.923 bits per heavy atom. The van der Waals surface area contributed by atoms with E-state index in [0.717, 1.165) is 16.8 Å². The van der Waals surface area contributed by atoms with E-state index in [2.05, 4.69) is 20.8 Å². The lowest BCUT2D eigenvalue weighted by molar-refractivity contribution is -0.125. The van der Waals surface area contributed by atoms with E-state index in [-0.39, 0.29) is 12.2 Å². The van der Waals surface area contributed by atoms with Crippen molar-refractivity contribution in [3.63, 3.8) is 0 Å². The van der Waals surface area contributed by atoms with Crippen molar-refractivity contribution >= 4 is 29.4 Å². The van der Waals surface area contributed by atoms with Crippen LogP contribution in [0, 0.1) is 0 Å². The number of rotatable bonds is 10. The van der Waals surface area contributed by atoms with Gasteiger partial charge in [0.1, 0.15) is 6.33 Å². The molecule has 5 aromatic rings. The van der Waals surface area contributed by atoms with Gasteiger partial charge in [-0.1, -0.05) is 54.1 Å². The number of tetrazole rings is 1. The van der Waals surface area contributed by atoms with Gasteiger partial charge in [0.05, 0.1) is 11.7 Å². The molecule has 0 bridgehead atoms. The minimum absolute atomic E-state index is 0.0774. The lowest BCUT2D eigenvalue weighted by Crippen LogP contribution is -2.42. The molecule has 0 saturated heterocycles. The molecule has 1 atom stereocenters. The molecule has 2 aromatic heterocycles. The maximum Gasteiger partial charge on any atom is 0.244 e. The molecule has 0 saturated carbocycles. The minimum Gasteiger partial charge on any atom is -0.342 e. The van der Waals surface area contributed by atoms with Gasteiger partial charge < -0.3 is 9.88 Å². The van der Waals surface area contributed by atoms with Crippen LogP contribution in [-0.4, -0.2) is 42.5 Å². The van der Waals surface area contributed by atoms with Crippen molar-refractivity contribution in [2.24, 2.45) is 0 Å². The van der Waals surface area contributed by atoms with Gasteiger partial charge in [-0.25, -0.2) is 0 Å². The maximum absolute atomic E-state index is 13.4. The monoisotopic (exact) mass is 536 g/mol. The zero-order chi connectivity index (χ0) is 27.0. The van der Waals surface area contributed by atoms with Gasteiger partial charge in [0.2, 0.25) is 5.91 Å². The summed E-state index contributed by atoms with van der Waals surface area (Å²) in [5, 5.41) is 14.7. The van der Waals surface area contributed by atoms with Gasteiger partial charge in [-0.3, -0.25) is 9.59 Å². The number of carbonyl (C=O) groups excluding carboxylic acids is 2. The van der Waals surface area contributed by atoms with Crippen LogP contribution in [0.5, 0.6) is 0 Å². The maximum atomic E-state index is 13.4. The Bertz CT molecular complexity index is 1560. The van der Waals surface area contributed by atoms with Crippen LogP contribution in [0.15, 0.2) is 110 Å². The Morgan fingerprint density at radius 3 is 2.41 bits per heavy atom. The van der Waals surface area contributed by atoms with Crippen molar-refractivity contribution in [2.45, 2.75) is 18.9 Å². The van der Waals surface area contributed by atoms with Gasteiger partial charge in [-0.2, -0.15) is 4.68 Å². The molecule has 1 N–H and O–H groups in total. The summed E-state index contributed by atoms with van der Waals surface area (Å²) in [5.74, 6) is -0.471. The number of nitrogens with zero attached hydrogens (tertiary/aromatic N) is 5. The highest BCUT2D eigenvalue weighted by atomic mass is 35.5. The molecule has 8 nitrogen and oxygen atoms in total. The molecule has 9 heteroatoms. The third-order valence-corrected chi connectivity index (χ3v) is 6.44. The van der Waals surface area contributed by atoms with Crippen LogP contribution in [0.25, 0.3) is 17.5 Å². The second-order valence-electron chi connectivity index (χ2n) is 8.94. The van der Waals surface area contributed by atoms with E-state index < -0.39 is 11.9 Å². The molecule has 194 valence electrons. The number of ketones is 1. The first-order chi connectivity index (χ1) is 19.0. The van der Waals surface area contributed by atoms with Gasteiger partial charge in [-0.05, 0) is 76.5 Å². The smallest absolute Gasteiger partial charge is 0.244 e. The number of hydrogen-bond acceptors (Lipinski definition) is 5. The molecule has 0 radical (unpaired) electrons. The lowest BCUT2D eigenvalue weighted by atomic mass is 9.97. The minimum atomic E-state index is -0.702. The number of aromatic nitrogens is 5. The molecule has 0 fully saturated rings. The fourth-order valence-corrected chi connectivity index (χ4v) is 4.42. The third-order valence-electron chi connectivity index (χ3n) is 6.20. The molecular formula is C30H25ClN6O2. The number of hydrogen-bond donors (Lipinski definition) is 1. The van der Waals surface area contributed by atoms with Gasteiger partial charge in [0, 0.05) is 41.2 Å². The van der Waals surface area contributed by atoms with Crippen molar-refractivity contribution in [3.8, 4) is 11.4 Å². The normalized spacial score (nSPS) is 11.9. The van der Waals surface area contributed by atoms with Crippen molar-refractivity contribution in [3.05, 3.63) is 131 Å². The highest BCUT2D eigenvalue weighted by Gasteiger charge is 2.21. The summed E-state index contributed by atoms with van der Waals surface area (Å²) < 4.78 is 3.48. The van der Waals surface area contributed by atoms with E-state index in [1.807, 2.05) is 83.7 Å². The van der Waals surface area contributed by atoms with E-state index in [0.29, 0.717) is 22.7 Å². The van der Waals surface area contributed by atoms with Crippen molar-refractivity contribution in [2.75, 3.05) is 0 Å². The average molecular weight is 537 g/mol. The molecular weight excluding hydrogens is 512 g/mol. The Labute approximate surface area is 230 Å². The van der Waals surface area contributed by atoms with Gasteiger partial charge in [0.25, 0.3) is 0 Å². The second-order valence-corrected chi connectivity index (χ2v) is 9.38. The lowest BCUT2D eigenvalue weighted by Gasteiger charge is -2.17. The number of nitrogens with one attached hydrogen (secondary N) is 1. The van der Waals surface area contributed by atoms with Crippen molar-refractivity contribution < 1.29 is 9.59 Å². The first-order valence-corrected chi connectivity index (χ1v) is 12.7. The van der Waals surface area contributed by atoms with Crippen LogP contribution in [0.2, 0.25) is 5.02 Å². The van der Waals surface area contributed by atoms with Crippen LogP contribution in [0.1, 0.15) is 16.7 Å². The van der Waals surface area contributed by atoms with E-state index in [9.17, 15) is 9.59 Å². The van der Waals surface area contributed by atoms with E-state index in [1.165, 1.54) is 17.1 Å². The predicted octanol–water partition coefficient (Wildman–Crippen LogP) is 4.66. The van der Waals surface area contributed by atoms with Crippen molar-refractivity contribution in [1.82, 2.24) is 30.1 Å². The molecule has 0 unspecified atom stereocenters. The van der Waals surface area contributed by atoms with Gasteiger partial charge in [-0.15, -0.1) is 5.10 Å². The average Bonchev–Trinajstić information content (AvgIpc) is 3.68. The second kappa shape index (κ2) is 12.1. The zero-order valence-corrected chi connectivity index (χ0v) is 21.6.